The van der Waals surface area contributed by atoms with E-state index in [0.29, 0.717) is 6.61 Å². The normalized spacial score (nSPS) is 23.9. The molecule has 0 bridgehead atoms. The second-order valence-corrected chi connectivity index (χ2v) is 3.51. The highest BCUT2D eigenvalue weighted by Gasteiger charge is 2.22. The van der Waals surface area contributed by atoms with Gasteiger partial charge in [0.25, 0.3) is 0 Å². The molecule has 1 fully saturated rings. The summed E-state index contributed by atoms with van der Waals surface area (Å²) in [5, 5.41) is 9.14. The lowest BCUT2D eigenvalue weighted by atomic mass is 10.2. The summed E-state index contributed by atoms with van der Waals surface area (Å²) in [6.45, 7) is 3.21. The first kappa shape index (κ1) is 9.71. The lowest BCUT2D eigenvalue weighted by Crippen LogP contribution is -2.46. The van der Waals surface area contributed by atoms with Gasteiger partial charge in [-0.2, -0.15) is 0 Å². The maximum absolute atomic E-state index is 9.14. The second kappa shape index (κ2) is 4.59. The van der Waals surface area contributed by atoms with E-state index in [1.54, 1.807) is 12.5 Å². The van der Waals surface area contributed by atoms with Crippen molar-refractivity contribution >= 4 is 0 Å². The summed E-state index contributed by atoms with van der Waals surface area (Å²) in [5.74, 6) is 0. The average molecular weight is 197 g/mol. The molecule has 1 aliphatic heterocycles. The van der Waals surface area contributed by atoms with Gasteiger partial charge in [-0.3, -0.25) is 4.90 Å². The molecule has 1 aromatic heterocycles. The highest BCUT2D eigenvalue weighted by atomic mass is 16.5. The Kier molecular flexibility index (Phi) is 3.18. The first-order valence-electron chi connectivity index (χ1n) is 4.84. The SMILES string of the molecule is OCC1COCCN1Cc1ccoc1. The van der Waals surface area contributed by atoms with Crippen LogP contribution in [0.1, 0.15) is 5.56 Å². The molecule has 1 aromatic rings. The highest BCUT2D eigenvalue weighted by Crippen LogP contribution is 2.12. The van der Waals surface area contributed by atoms with E-state index >= 15 is 0 Å². The Morgan fingerprint density at radius 2 is 2.50 bits per heavy atom. The Labute approximate surface area is 83.1 Å². The molecular weight excluding hydrogens is 182 g/mol. The number of rotatable bonds is 3. The summed E-state index contributed by atoms with van der Waals surface area (Å²) in [7, 11) is 0. The second-order valence-electron chi connectivity index (χ2n) is 3.51. The van der Waals surface area contributed by atoms with E-state index in [1.807, 2.05) is 6.07 Å². The summed E-state index contributed by atoms with van der Waals surface area (Å²) in [6.07, 6.45) is 3.41. The minimum Gasteiger partial charge on any atom is -0.472 e. The van der Waals surface area contributed by atoms with Crippen molar-refractivity contribution in [3.05, 3.63) is 24.2 Å². The number of aliphatic hydroxyl groups excluding tert-OH is 1. The molecule has 1 atom stereocenters. The van der Waals surface area contributed by atoms with Crippen molar-refractivity contribution in [2.24, 2.45) is 0 Å². The molecule has 0 saturated carbocycles. The molecule has 0 amide bonds. The Morgan fingerprint density at radius 1 is 1.57 bits per heavy atom. The van der Waals surface area contributed by atoms with E-state index in [9.17, 15) is 0 Å². The molecule has 1 saturated heterocycles. The lowest BCUT2D eigenvalue weighted by molar-refractivity contribution is -0.0313. The van der Waals surface area contributed by atoms with Gasteiger partial charge in [-0.1, -0.05) is 0 Å². The number of ether oxygens (including phenoxy) is 1. The van der Waals surface area contributed by atoms with E-state index in [0.717, 1.165) is 25.3 Å². The van der Waals surface area contributed by atoms with Crippen LogP contribution in [0.3, 0.4) is 0 Å². The highest BCUT2D eigenvalue weighted by molar-refractivity contribution is 5.05. The number of furan rings is 1. The lowest BCUT2D eigenvalue weighted by Gasteiger charge is -2.33. The van der Waals surface area contributed by atoms with E-state index in [2.05, 4.69) is 4.90 Å². The zero-order valence-corrected chi connectivity index (χ0v) is 8.06. The van der Waals surface area contributed by atoms with Crippen LogP contribution in [0, 0.1) is 0 Å². The predicted molar refractivity (Wildman–Crippen MR) is 50.8 cm³/mol. The Hall–Kier alpha value is -0.840. The molecule has 1 aliphatic rings. The quantitative estimate of drug-likeness (QED) is 0.765. The summed E-state index contributed by atoms with van der Waals surface area (Å²) in [4.78, 5) is 2.22. The first-order valence-corrected chi connectivity index (χ1v) is 4.84. The van der Waals surface area contributed by atoms with Gasteiger partial charge in [-0.25, -0.2) is 0 Å². The fourth-order valence-corrected chi connectivity index (χ4v) is 1.68. The van der Waals surface area contributed by atoms with Crippen molar-refractivity contribution in [1.82, 2.24) is 4.90 Å². The molecule has 0 radical (unpaired) electrons. The van der Waals surface area contributed by atoms with Gasteiger partial charge in [-0.15, -0.1) is 0 Å². The van der Waals surface area contributed by atoms with Crippen LogP contribution < -0.4 is 0 Å². The van der Waals surface area contributed by atoms with E-state index in [-0.39, 0.29) is 12.6 Å². The monoisotopic (exact) mass is 197 g/mol. The molecule has 2 heterocycles. The number of hydrogen-bond acceptors (Lipinski definition) is 4. The average Bonchev–Trinajstić information content (AvgIpc) is 2.71. The zero-order valence-electron chi connectivity index (χ0n) is 8.06. The van der Waals surface area contributed by atoms with Gasteiger partial charge in [0.1, 0.15) is 0 Å². The van der Waals surface area contributed by atoms with Crippen molar-refractivity contribution in [2.45, 2.75) is 12.6 Å². The van der Waals surface area contributed by atoms with Crippen LogP contribution in [-0.4, -0.2) is 42.4 Å². The zero-order chi connectivity index (χ0) is 9.80. The number of morpholine rings is 1. The molecule has 14 heavy (non-hydrogen) atoms. The van der Waals surface area contributed by atoms with Crippen molar-refractivity contribution in [3.8, 4) is 0 Å². The van der Waals surface area contributed by atoms with E-state index < -0.39 is 0 Å². The minimum atomic E-state index is 0.124. The third kappa shape index (κ3) is 2.15. The van der Waals surface area contributed by atoms with Crippen LogP contribution in [-0.2, 0) is 11.3 Å². The molecule has 2 rings (SSSR count). The topological polar surface area (TPSA) is 45.8 Å². The van der Waals surface area contributed by atoms with Gasteiger partial charge in [0, 0.05) is 18.7 Å². The molecule has 78 valence electrons. The van der Waals surface area contributed by atoms with Gasteiger partial charge in [-0.05, 0) is 6.07 Å². The van der Waals surface area contributed by atoms with E-state index in [4.69, 9.17) is 14.3 Å². The maximum Gasteiger partial charge on any atom is 0.0947 e. The van der Waals surface area contributed by atoms with Gasteiger partial charge in [0.05, 0.1) is 38.4 Å². The maximum atomic E-state index is 9.14. The first-order chi connectivity index (χ1) is 6.90. The molecule has 1 N–H and O–H groups in total. The predicted octanol–water partition coefficient (Wildman–Crippen LogP) is 0.473. The van der Waals surface area contributed by atoms with Crippen LogP contribution in [0.5, 0.6) is 0 Å². The Morgan fingerprint density at radius 3 is 3.21 bits per heavy atom. The number of hydrogen-bond donors (Lipinski definition) is 1. The standard InChI is InChI=1S/C10H15NO3/c12-6-10-8-14-4-2-11(10)5-9-1-3-13-7-9/h1,3,7,10,12H,2,4-6,8H2. The summed E-state index contributed by atoms with van der Waals surface area (Å²) in [5.41, 5.74) is 1.14. The van der Waals surface area contributed by atoms with Gasteiger partial charge in [0.15, 0.2) is 0 Å². The number of nitrogens with zero attached hydrogens (tertiary/aromatic N) is 1. The molecule has 0 aliphatic carbocycles. The molecule has 0 aromatic carbocycles. The van der Waals surface area contributed by atoms with Crippen molar-refractivity contribution in [3.63, 3.8) is 0 Å². The Balaban J connectivity index is 1.94. The Bertz CT molecular complexity index is 260. The summed E-state index contributed by atoms with van der Waals surface area (Å²) in [6, 6.07) is 2.07. The van der Waals surface area contributed by atoms with Gasteiger partial charge >= 0.3 is 0 Å². The largest absolute Gasteiger partial charge is 0.472 e. The molecule has 1 unspecified atom stereocenters. The van der Waals surface area contributed by atoms with Crippen LogP contribution >= 0.6 is 0 Å². The van der Waals surface area contributed by atoms with Crippen LogP contribution in [0.25, 0.3) is 0 Å². The van der Waals surface area contributed by atoms with Crippen molar-refractivity contribution in [2.75, 3.05) is 26.4 Å². The fraction of sp³-hybridized carbons (Fsp3) is 0.600. The minimum absolute atomic E-state index is 0.124. The smallest absolute Gasteiger partial charge is 0.0947 e. The summed E-state index contributed by atoms with van der Waals surface area (Å²) >= 11 is 0. The van der Waals surface area contributed by atoms with Gasteiger partial charge < -0.3 is 14.3 Å². The fourth-order valence-electron chi connectivity index (χ4n) is 1.68. The molecule has 0 spiro atoms. The van der Waals surface area contributed by atoms with Crippen molar-refractivity contribution < 1.29 is 14.3 Å². The van der Waals surface area contributed by atoms with Crippen LogP contribution in [0.4, 0.5) is 0 Å². The van der Waals surface area contributed by atoms with Crippen molar-refractivity contribution in [1.29, 1.82) is 0 Å². The van der Waals surface area contributed by atoms with Crippen LogP contribution in [0.15, 0.2) is 23.0 Å². The third-order valence-corrected chi connectivity index (χ3v) is 2.53. The number of aliphatic hydroxyl groups is 1. The van der Waals surface area contributed by atoms with Crippen LogP contribution in [0.2, 0.25) is 0 Å². The van der Waals surface area contributed by atoms with E-state index in [1.165, 1.54) is 0 Å². The molecule has 4 nitrogen and oxygen atoms in total. The third-order valence-electron chi connectivity index (χ3n) is 2.53. The summed E-state index contributed by atoms with van der Waals surface area (Å²) < 4.78 is 10.3. The van der Waals surface area contributed by atoms with Gasteiger partial charge in [0.2, 0.25) is 0 Å². The molecular formula is C10H15NO3. The molecule has 4 heteroatoms.